The maximum atomic E-state index is 13.4. The van der Waals surface area contributed by atoms with Crippen LogP contribution < -0.4 is 0 Å². The molecule has 0 unspecified atom stereocenters. The zero-order chi connectivity index (χ0) is 10.1. The number of hydrogen-bond acceptors (Lipinski definition) is 1. The van der Waals surface area contributed by atoms with Crippen LogP contribution in [0.15, 0.2) is 24.5 Å². The van der Waals surface area contributed by atoms with Crippen molar-refractivity contribution in [2.45, 2.75) is 0 Å². The monoisotopic (exact) mass is 214 g/mol. The number of nitrogens with one attached hydrogen (secondary N) is 1. The Labute approximate surface area is 83.6 Å². The third-order valence-corrected chi connectivity index (χ3v) is 2.13. The Morgan fingerprint density at radius 3 is 2.71 bits per heavy atom. The van der Waals surface area contributed by atoms with Gasteiger partial charge in [-0.25, -0.2) is 13.8 Å². The lowest BCUT2D eigenvalue weighted by molar-refractivity contribution is 0.586. The van der Waals surface area contributed by atoms with Crippen molar-refractivity contribution in [3.8, 4) is 11.4 Å². The molecule has 2 rings (SSSR count). The minimum Gasteiger partial charge on any atom is -0.345 e. The number of imidazole rings is 1. The topological polar surface area (TPSA) is 28.7 Å². The van der Waals surface area contributed by atoms with E-state index < -0.39 is 16.7 Å². The van der Waals surface area contributed by atoms with Gasteiger partial charge in [0.15, 0.2) is 5.82 Å². The Kier molecular flexibility index (Phi) is 2.21. The van der Waals surface area contributed by atoms with Gasteiger partial charge in [0.25, 0.3) is 0 Å². The number of aromatic amines is 1. The number of rotatable bonds is 1. The third-order valence-electron chi connectivity index (χ3n) is 1.79. The summed E-state index contributed by atoms with van der Waals surface area (Å²) in [5.41, 5.74) is 0.154. The van der Waals surface area contributed by atoms with Gasteiger partial charge in [0.1, 0.15) is 16.7 Å². The largest absolute Gasteiger partial charge is 0.345 e. The van der Waals surface area contributed by atoms with Gasteiger partial charge in [-0.05, 0) is 12.1 Å². The first-order chi connectivity index (χ1) is 6.70. The van der Waals surface area contributed by atoms with E-state index in [0.29, 0.717) is 5.82 Å². The lowest BCUT2D eigenvalue weighted by Crippen LogP contribution is -1.90. The fourth-order valence-electron chi connectivity index (χ4n) is 1.12. The summed E-state index contributed by atoms with van der Waals surface area (Å²) in [4.78, 5) is 6.55. The normalized spacial score (nSPS) is 10.5. The Hall–Kier alpha value is -1.42. The highest BCUT2D eigenvalue weighted by Crippen LogP contribution is 2.27. The van der Waals surface area contributed by atoms with Gasteiger partial charge in [-0.2, -0.15) is 0 Å². The quantitative estimate of drug-likeness (QED) is 0.727. The van der Waals surface area contributed by atoms with E-state index in [4.69, 9.17) is 11.6 Å². The van der Waals surface area contributed by atoms with E-state index in [1.54, 1.807) is 6.20 Å². The molecule has 0 saturated carbocycles. The fourth-order valence-corrected chi connectivity index (χ4v) is 1.29. The first-order valence-corrected chi connectivity index (χ1v) is 4.21. The summed E-state index contributed by atoms with van der Waals surface area (Å²) in [6, 6.07) is 2.39. The van der Waals surface area contributed by atoms with Crippen LogP contribution in [0.1, 0.15) is 0 Å². The van der Waals surface area contributed by atoms with Gasteiger partial charge in [-0.1, -0.05) is 11.6 Å². The van der Waals surface area contributed by atoms with E-state index in [-0.39, 0.29) is 5.56 Å². The minimum atomic E-state index is -0.804. The highest BCUT2D eigenvalue weighted by Gasteiger charge is 2.13. The molecule has 0 bridgehead atoms. The van der Waals surface area contributed by atoms with Crippen molar-refractivity contribution in [2.24, 2.45) is 0 Å². The number of aromatic nitrogens is 2. The van der Waals surface area contributed by atoms with Gasteiger partial charge in [-0.3, -0.25) is 0 Å². The molecular weight excluding hydrogens is 210 g/mol. The molecule has 0 saturated heterocycles. The van der Waals surface area contributed by atoms with Gasteiger partial charge < -0.3 is 4.98 Å². The predicted molar refractivity (Wildman–Crippen MR) is 48.9 cm³/mol. The molecule has 1 aromatic heterocycles. The second-order valence-corrected chi connectivity index (χ2v) is 3.04. The van der Waals surface area contributed by atoms with E-state index >= 15 is 0 Å². The molecule has 0 amide bonds. The molecule has 2 aromatic rings. The van der Waals surface area contributed by atoms with Crippen molar-refractivity contribution < 1.29 is 8.78 Å². The molecule has 5 heteroatoms. The van der Waals surface area contributed by atoms with E-state index in [0.717, 1.165) is 6.07 Å². The van der Waals surface area contributed by atoms with Gasteiger partial charge in [0, 0.05) is 12.4 Å². The van der Waals surface area contributed by atoms with E-state index in [2.05, 4.69) is 9.97 Å². The zero-order valence-electron chi connectivity index (χ0n) is 6.89. The lowest BCUT2D eigenvalue weighted by atomic mass is 10.2. The van der Waals surface area contributed by atoms with Gasteiger partial charge in [0.05, 0.1) is 5.56 Å². The first-order valence-electron chi connectivity index (χ1n) is 3.83. The summed E-state index contributed by atoms with van der Waals surface area (Å²) < 4.78 is 26.2. The minimum absolute atomic E-state index is 0.154. The SMILES string of the molecule is Fc1ccc(-c2ncc[nH]2)c(F)c1Cl. The number of nitrogens with zero attached hydrogens (tertiary/aromatic N) is 1. The van der Waals surface area contributed by atoms with Gasteiger partial charge in [0.2, 0.25) is 0 Å². The van der Waals surface area contributed by atoms with Crippen LogP contribution in [0, 0.1) is 11.6 Å². The third kappa shape index (κ3) is 1.37. The first kappa shape index (κ1) is 9.15. The van der Waals surface area contributed by atoms with Crippen LogP contribution in [0.4, 0.5) is 8.78 Å². The summed E-state index contributed by atoms with van der Waals surface area (Å²) in [5, 5.41) is -0.515. The number of halogens is 3. The second-order valence-electron chi connectivity index (χ2n) is 2.66. The summed E-state index contributed by atoms with van der Waals surface area (Å²) in [5.74, 6) is -1.26. The van der Waals surface area contributed by atoms with Crippen LogP contribution in [0.25, 0.3) is 11.4 Å². The maximum absolute atomic E-state index is 13.4. The Balaban J connectivity index is 2.61. The number of benzene rings is 1. The van der Waals surface area contributed by atoms with Crippen LogP contribution in [-0.2, 0) is 0 Å². The standard InChI is InChI=1S/C9H5ClF2N2/c10-7-6(11)2-1-5(8(7)12)9-13-3-4-14-9/h1-4H,(H,13,14). The average Bonchev–Trinajstić information content (AvgIpc) is 2.67. The van der Waals surface area contributed by atoms with Crippen LogP contribution >= 0.6 is 11.6 Å². The molecule has 1 N–H and O–H groups in total. The van der Waals surface area contributed by atoms with E-state index in [1.807, 2.05) is 0 Å². The highest BCUT2D eigenvalue weighted by molar-refractivity contribution is 6.31. The van der Waals surface area contributed by atoms with Crippen molar-refractivity contribution in [1.29, 1.82) is 0 Å². The molecule has 0 spiro atoms. The molecule has 0 aliphatic heterocycles. The molecule has 0 aliphatic carbocycles. The molecule has 1 heterocycles. The molecule has 0 aliphatic rings. The Morgan fingerprint density at radius 2 is 2.07 bits per heavy atom. The van der Waals surface area contributed by atoms with Crippen molar-refractivity contribution in [1.82, 2.24) is 9.97 Å². The van der Waals surface area contributed by atoms with E-state index in [1.165, 1.54) is 12.3 Å². The maximum Gasteiger partial charge on any atom is 0.155 e. The van der Waals surface area contributed by atoms with Crippen molar-refractivity contribution in [3.05, 3.63) is 41.2 Å². The van der Waals surface area contributed by atoms with Crippen molar-refractivity contribution in [2.75, 3.05) is 0 Å². The molecule has 14 heavy (non-hydrogen) atoms. The van der Waals surface area contributed by atoms with Crippen LogP contribution in [-0.4, -0.2) is 9.97 Å². The molecule has 0 fully saturated rings. The lowest BCUT2D eigenvalue weighted by Gasteiger charge is -2.01. The van der Waals surface area contributed by atoms with Crippen LogP contribution in [0.2, 0.25) is 5.02 Å². The zero-order valence-corrected chi connectivity index (χ0v) is 7.65. The average molecular weight is 215 g/mol. The van der Waals surface area contributed by atoms with Crippen molar-refractivity contribution in [3.63, 3.8) is 0 Å². The smallest absolute Gasteiger partial charge is 0.155 e. The summed E-state index contributed by atoms with van der Waals surface area (Å²) in [6.07, 6.45) is 3.03. The van der Waals surface area contributed by atoms with Crippen LogP contribution in [0.3, 0.4) is 0 Å². The predicted octanol–water partition coefficient (Wildman–Crippen LogP) is 3.01. The molecule has 1 aromatic carbocycles. The summed E-state index contributed by atoms with van der Waals surface area (Å²) in [6.45, 7) is 0. The van der Waals surface area contributed by atoms with Crippen molar-refractivity contribution >= 4 is 11.6 Å². The molecule has 0 radical (unpaired) electrons. The molecule has 72 valence electrons. The molecular formula is C9H5ClF2N2. The summed E-state index contributed by atoms with van der Waals surface area (Å²) in [7, 11) is 0. The Morgan fingerprint density at radius 1 is 1.29 bits per heavy atom. The number of hydrogen-bond donors (Lipinski definition) is 1. The molecule has 0 atom stereocenters. The summed E-state index contributed by atoms with van der Waals surface area (Å²) >= 11 is 5.41. The fraction of sp³-hybridized carbons (Fsp3) is 0. The van der Waals surface area contributed by atoms with E-state index in [9.17, 15) is 8.78 Å². The Bertz CT molecular complexity index is 454. The van der Waals surface area contributed by atoms with Gasteiger partial charge in [-0.15, -0.1) is 0 Å². The van der Waals surface area contributed by atoms with Crippen LogP contribution in [0.5, 0.6) is 0 Å². The molecule has 2 nitrogen and oxygen atoms in total. The number of H-pyrrole nitrogens is 1. The van der Waals surface area contributed by atoms with Gasteiger partial charge >= 0.3 is 0 Å². The highest BCUT2D eigenvalue weighted by atomic mass is 35.5. The second kappa shape index (κ2) is 3.38.